The fourth-order valence-corrected chi connectivity index (χ4v) is 1.71. The average Bonchev–Trinajstić information content (AvgIpc) is 3.02. The van der Waals surface area contributed by atoms with E-state index in [4.69, 9.17) is 0 Å². The SMILES string of the molecule is Cc1cnn(CCCNC(=O)c2cc(C(F)(F)F)[nH]n2)c1. The van der Waals surface area contributed by atoms with Crippen molar-refractivity contribution in [2.24, 2.45) is 0 Å². The summed E-state index contributed by atoms with van der Waals surface area (Å²) in [5.74, 6) is -0.640. The number of nitrogens with one attached hydrogen (secondary N) is 2. The highest BCUT2D eigenvalue weighted by atomic mass is 19.4. The van der Waals surface area contributed by atoms with Crippen LogP contribution in [-0.4, -0.2) is 32.4 Å². The summed E-state index contributed by atoms with van der Waals surface area (Å²) >= 11 is 0. The number of carbonyl (C=O) groups excluding carboxylic acids is 1. The molecule has 0 atom stereocenters. The monoisotopic (exact) mass is 301 g/mol. The number of hydrogen-bond acceptors (Lipinski definition) is 3. The van der Waals surface area contributed by atoms with Gasteiger partial charge in [0.15, 0.2) is 5.69 Å². The van der Waals surface area contributed by atoms with E-state index in [1.807, 2.05) is 13.1 Å². The van der Waals surface area contributed by atoms with Crippen molar-refractivity contribution in [1.29, 1.82) is 0 Å². The lowest BCUT2D eigenvalue weighted by molar-refractivity contribution is -0.141. The Kier molecular flexibility index (Phi) is 4.29. The van der Waals surface area contributed by atoms with Crippen molar-refractivity contribution in [2.45, 2.75) is 26.1 Å². The summed E-state index contributed by atoms with van der Waals surface area (Å²) in [6.07, 6.45) is -0.334. The molecule has 2 aromatic heterocycles. The molecule has 0 spiro atoms. The van der Waals surface area contributed by atoms with Gasteiger partial charge in [-0.05, 0) is 18.9 Å². The van der Waals surface area contributed by atoms with Crippen molar-refractivity contribution < 1.29 is 18.0 Å². The average molecular weight is 301 g/mol. The number of alkyl halides is 3. The number of carbonyl (C=O) groups is 1. The van der Waals surface area contributed by atoms with Crippen LogP contribution in [0.1, 0.15) is 28.2 Å². The molecule has 0 saturated carbocycles. The highest BCUT2D eigenvalue weighted by Crippen LogP contribution is 2.27. The quantitative estimate of drug-likeness (QED) is 0.826. The smallest absolute Gasteiger partial charge is 0.351 e. The lowest BCUT2D eigenvalue weighted by Gasteiger charge is -2.03. The predicted molar refractivity (Wildman–Crippen MR) is 67.5 cm³/mol. The Bertz CT molecular complexity index is 616. The third-order valence-corrected chi connectivity index (χ3v) is 2.73. The van der Waals surface area contributed by atoms with Gasteiger partial charge in [0.2, 0.25) is 0 Å². The number of H-pyrrole nitrogens is 1. The van der Waals surface area contributed by atoms with Crippen LogP contribution in [-0.2, 0) is 12.7 Å². The lowest BCUT2D eigenvalue weighted by Crippen LogP contribution is -2.25. The van der Waals surface area contributed by atoms with Crippen LogP contribution >= 0.6 is 0 Å². The largest absolute Gasteiger partial charge is 0.432 e. The van der Waals surface area contributed by atoms with Crippen molar-refractivity contribution >= 4 is 5.91 Å². The molecule has 1 amide bonds. The zero-order valence-electron chi connectivity index (χ0n) is 11.2. The van der Waals surface area contributed by atoms with Gasteiger partial charge in [-0.1, -0.05) is 0 Å². The Labute approximate surface area is 118 Å². The molecule has 0 aliphatic rings. The van der Waals surface area contributed by atoms with Gasteiger partial charge in [-0.3, -0.25) is 14.6 Å². The van der Waals surface area contributed by atoms with Crippen LogP contribution in [0.3, 0.4) is 0 Å². The van der Waals surface area contributed by atoms with Crippen LogP contribution in [0.4, 0.5) is 13.2 Å². The second-order valence-electron chi connectivity index (χ2n) is 4.55. The Hall–Kier alpha value is -2.32. The van der Waals surface area contributed by atoms with E-state index in [0.29, 0.717) is 25.6 Å². The zero-order valence-corrected chi connectivity index (χ0v) is 11.2. The molecule has 0 bridgehead atoms. The molecule has 6 nitrogen and oxygen atoms in total. The van der Waals surface area contributed by atoms with Crippen LogP contribution in [0.15, 0.2) is 18.5 Å². The van der Waals surface area contributed by atoms with E-state index in [9.17, 15) is 18.0 Å². The van der Waals surface area contributed by atoms with Crippen LogP contribution < -0.4 is 5.32 Å². The minimum absolute atomic E-state index is 0.280. The Morgan fingerprint density at radius 2 is 2.24 bits per heavy atom. The molecule has 2 rings (SSSR count). The minimum Gasteiger partial charge on any atom is -0.351 e. The number of halogens is 3. The number of aromatic nitrogens is 4. The molecule has 0 radical (unpaired) electrons. The highest BCUT2D eigenvalue weighted by Gasteiger charge is 2.33. The van der Waals surface area contributed by atoms with Gasteiger partial charge in [-0.25, -0.2) is 0 Å². The van der Waals surface area contributed by atoms with Crippen LogP contribution in [0.25, 0.3) is 0 Å². The minimum atomic E-state index is -4.54. The Morgan fingerprint density at radius 1 is 1.48 bits per heavy atom. The number of aryl methyl sites for hydroxylation is 2. The molecular weight excluding hydrogens is 287 g/mol. The maximum absolute atomic E-state index is 12.3. The molecule has 0 unspecified atom stereocenters. The molecule has 0 aliphatic carbocycles. The van der Waals surface area contributed by atoms with Crippen molar-refractivity contribution in [3.63, 3.8) is 0 Å². The van der Waals surface area contributed by atoms with Gasteiger partial charge in [0, 0.05) is 25.4 Å². The normalized spacial score (nSPS) is 11.6. The van der Waals surface area contributed by atoms with Crippen molar-refractivity contribution in [2.75, 3.05) is 6.54 Å². The first-order chi connectivity index (χ1) is 9.86. The standard InChI is InChI=1S/C12H14F3N5O/c1-8-6-17-20(7-8)4-2-3-16-11(21)9-5-10(19-18-9)12(13,14)15/h5-7H,2-4H2,1H3,(H,16,21)(H,18,19). The summed E-state index contributed by atoms with van der Waals surface area (Å²) < 4.78 is 38.8. The summed E-state index contributed by atoms with van der Waals surface area (Å²) in [5, 5.41) is 11.7. The molecule has 0 aliphatic heterocycles. The van der Waals surface area contributed by atoms with Gasteiger partial charge >= 0.3 is 6.18 Å². The molecule has 2 heterocycles. The maximum Gasteiger partial charge on any atom is 0.432 e. The molecule has 21 heavy (non-hydrogen) atoms. The lowest BCUT2D eigenvalue weighted by atomic mass is 10.3. The van der Waals surface area contributed by atoms with E-state index < -0.39 is 17.8 Å². The van der Waals surface area contributed by atoms with Gasteiger partial charge in [0.25, 0.3) is 5.91 Å². The van der Waals surface area contributed by atoms with Crippen LogP contribution in [0.2, 0.25) is 0 Å². The fourth-order valence-electron chi connectivity index (χ4n) is 1.71. The third kappa shape index (κ3) is 4.07. The topological polar surface area (TPSA) is 75.6 Å². The highest BCUT2D eigenvalue weighted by molar-refractivity contribution is 5.92. The summed E-state index contributed by atoms with van der Waals surface area (Å²) in [5.41, 5.74) is -0.285. The second-order valence-corrected chi connectivity index (χ2v) is 4.55. The maximum atomic E-state index is 12.3. The fraction of sp³-hybridized carbons (Fsp3) is 0.417. The molecule has 9 heteroatoms. The molecule has 2 N–H and O–H groups in total. The number of hydrogen-bond donors (Lipinski definition) is 2. The first-order valence-electron chi connectivity index (χ1n) is 6.26. The molecule has 2 aromatic rings. The van der Waals surface area contributed by atoms with Crippen molar-refractivity contribution in [3.8, 4) is 0 Å². The van der Waals surface area contributed by atoms with E-state index in [0.717, 1.165) is 5.56 Å². The van der Waals surface area contributed by atoms with E-state index in [2.05, 4.69) is 15.5 Å². The van der Waals surface area contributed by atoms with Gasteiger partial charge in [-0.15, -0.1) is 0 Å². The number of rotatable bonds is 5. The van der Waals surface area contributed by atoms with Crippen LogP contribution in [0.5, 0.6) is 0 Å². The van der Waals surface area contributed by atoms with Gasteiger partial charge < -0.3 is 5.32 Å². The number of amides is 1. The van der Waals surface area contributed by atoms with Crippen molar-refractivity contribution in [1.82, 2.24) is 25.3 Å². The van der Waals surface area contributed by atoms with Crippen molar-refractivity contribution in [3.05, 3.63) is 35.4 Å². The Balaban J connectivity index is 1.78. The summed E-state index contributed by atoms with van der Waals surface area (Å²) in [6, 6.07) is 0.687. The molecule has 114 valence electrons. The van der Waals surface area contributed by atoms with Gasteiger partial charge in [-0.2, -0.15) is 23.4 Å². The Morgan fingerprint density at radius 3 is 2.81 bits per heavy atom. The van der Waals surface area contributed by atoms with E-state index >= 15 is 0 Å². The second kappa shape index (κ2) is 5.98. The summed E-state index contributed by atoms with van der Waals surface area (Å²) in [6.45, 7) is 2.86. The van der Waals surface area contributed by atoms with E-state index in [1.54, 1.807) is 16.0 Å². The van der Waals surface area contributed by atoms with E-state index in [1.165, 1.54) is 0 Å². The molecule has 0 fully saturated rings. The molecular formula is C12H14F3N5O. The molecule has 0 aromatic carbocycles. The summed E-state index contributed by atoms with van der Waals surface area (Å²) in [7, 11) is 0. The number of nitrogens with zero attached hydrogens (tertiary/aromatic N) is 3. The number of aromatic amines is 1. The van der Waals surface area contributed by atoms with Gasteiger partial charge in [0.1, 0.15) is 5.69 Å². The first kappa shape index (κ1) is 15.1. The zero-order chi connectivity index (χ0) is 15.5. The predicted octanol–water partition coefficient (Wildman–Crippen LogP) is 1.75. The summed E-state index contributed by atoms with van der Waals surface area (Å²) in [4.78, 5) is 11.6. The third-order valence-electron chi connectivity index (χ3n) is 2.73. The first-order valence-corrected chi connectivity index (χ1v) is 6.26. The molecule has 0 saturated heterocycles. The van der Waals surface area contributed by atoms with E-state index in [-0.39, 0.29) is 5.69 Å². The van der Waals surface area contributed by atoms with Gasteiger partial charge in [0.05, 0.1) is 6.20 Å². The van der Waals surface area contributed by atoms with Crippen LogP contribution in [0, 0.1) is 6.92 Å².